The van der Waals surface area contributed by atoms with Crippen LogP contribution in [0.15, 0.2) is 12.1 Å². The van der Waals surface area contributed by atoms with Crippen molar-refractivity contribution >= 4 is 16.9 Å². The van der Waals surface area contributed by atoms with Crippen LogP contribution in [-0.2, 0) is 4.74 Å². The van der Waals surface area contributed by atoms with Crippen LogP contribution in [0.5, 0.6) is 0 Å². The second kappa shape index (κ2) is 4.40. The highest BCUT2D eigenvalue weighted by molar-refractivity contribution is 6.05. The summed E-state index contributed by atoms with van der Waals surface area (Å²) in [5.41, 5.74) is 0.864. The average molecular weight is 253 g/mol. The number of hydrogen-bond acceptors (Lipinski definition) is 2. The summed E-state index contributed by atoms with van der Waals surface area (Å²) in [4.78, 5) is 14.6. The minimum Gasteiger partial charge on any atom is -0.465 e. The Kier molecular flexibility index (Phi) is 3.07. The minimum atomic E-state index is -0.723. The molecule has 0 aliphatic rings. The maximum Gasteiger partial charge on any atom is 0.340 e. The number of rotatable bonds is 2. The third-order valence-electron chi connectivity index (χ3n) is 2.82. The summed E-state index contributed by atoms with van der Waals surface area (Å²) < 4.78 is 31.6. The molecule has 1 aromatic heterocycles. The van der Waals surface area contributed by atoms with E-state index in [1.165, 1.54) is 7.11 Å². The van der Waals surface area contributed by atoms with E-state index in [2.05, 4.69) is 9.72 Å². The maximum atomic E-state index is 13.6. The molecule has 0 fully saturated rings. The first-order valence-electron chi connectivity index (χ1n) is 5.54. The molecule has 1 heterocycles. The van der Waals surface area contributed by atoms with Gasteiger partial charge in [0.1, 0.15) is 11.6 Å². The molecular weight excluding hydrogens is 240 g/mol. The molecule has 2 aromatic rings. The number of carbonyl (C=O) groups is 1. The fourth-order valence-electron chi connectivity index (χ4n) is 2.00. The monoisotopic (exact) mass is 253 g/mol. The fraction of sp³-hybridized carbons (Fsp3) is 0.308. The number of benzene rings is 1. The van der Waals surface area contributed by atoms with Crippen LogP contribution in [0.1, 0.15) is 35.8 Å². The Morgan fingerprint density at radius 2 is 2.00 bits per heavy atom. The second-order valence-corrected chi connectivity index (χ2v) is 4.37. The van der Waals surface area contributed by atoms with Crippen LogP contribution in [0.3, 0.4) is 0 Å². The molecule has 0 atom stereocenters. The first kappa shape index (κ1) is 12.5. The highest BCUT2D eigenvalue weighted by Gasteiger charge is 2.23. The van der Waals surface area contributed by atoms with Gasteiger partial charge in [-0.2, -0.15) is 0 Å². The van der Waals surface area contributed by atoms with E-state index in [1.54, 1.807) is 0 Å². The first-order chi connectivity index (χ1) is 8.45. The van der Waals surface area contributed by atoms with Gasteiger partial charge in [0.05, 0.1) is 18.2 Å². The van der Waals surface area contributed by atoms with E-state index >= 15 is 0 Å². The molecule has 0 bridgehead atoms. The van der Waals surface area contributed by atoms with Gasteiger partial charge in [-0.3, -0.25) is 0 Å². The lowest BCUT2D eigenvalue weighted by Crippen LogP contribution is -2.05. The smallest absolute Gasteiger partial charge is 0.340 e. The van der Waals surface area contributed by atoms with Gasteiger partial charge in [-0.05, 0) is 12.0 Å². The summed E-state index contributed by atoms with van der Waals surface area (Å²) >= 11 is 0. The Morgan fingerprint density at radius 1 is 1.33 bits per heavy atom. The molecule has 2 rings (SSSR count). The molecule has 1 aromatic carbocycles. The number of nitrogens with one attached hydrogen (secondary N) is 1. The minimum absolute atomic E-state index is 0.0334. The molecule has 3 nitrogen and oxygen atoms in total. The zero-order valence-corrected chi connectivity index (χ0v) is 10.3. The Morgan fingerprint density at radius 3 is 2.56 bits per heavy atom. The van der Waals surface area contributed by atoms with E-state index in [0.717, 1.165) is 12.1 Å². The normalized spacial score (nSPS) is 11.2. The molecule has 18 heavy (non-hydrogen) atoms. The number of aromatic nitrogens is 1. The van der Waals surface area contributed by atoms with Crippen molar-refractivity contribution in [3.63, 3.8) is 0 Å². The van der Waals surface area contributed by atoms with E-state index in [4.69, 9.17) is 0 Å². The van der Waals surface area contributed by atoms with Crippen molar-refractivity contribution in [2.75, 3.05) is 7.11 Å². The number of hydrogen-bond donors (Lipinski definition) is 1. The van der Waals surface area contributed by atoms with Gasteiger partial charge in [-0.25, -0.2) is 13.6 Å². The number of carbonyl (C=O) groups excluding carboxylic acids is 1. The third-order valence-corrected chi connectivity index (χ3v) is 2.82. The van der Waals surface area contributed by atoms with Gasteiger partial charge in [-0.1, -0.05) is 13.8 Å². The van der Waals surface area contributed by atoms with Crippen molar-refractivity contribution in [1.82, 2.24) is 4.98 Å². The van der Waals surface area contributed by atoms with Crippen LogP contribution in [0, 0.1) is 11.6 Å². The zero-order valence-electron chi connectivity index (χ0n) is 10.3. The lowest BCUT2D eigenvalue weighted by Gasteiger charge is -2.05. The maximum absolute atomic E-state index is 13.6. The van der Waals surface area contributed by atoms with Crippen molar-refractivity contribution in [1.29, 1.82) is 0 Å². The van der Waals surface area contributed by atoms with Crippen LogP contribution in [0.2, 0.25) is 0 Å². The van der Waals surface area contributed by atoms with Gasteiger partial charge < -0.3 is 9.72 Å². The van der Waals surface area contributed by atoms with Crippen molar-refractivity contribution in [2.45, 2.75) is 19.8 Å². The third kappa shape index (κ3) is 1.85. The predicted octanol–water partition coefficient (Wildman–Crippen LogP) is 3.36. The second-order valence-electron chi connectivity index (χ2n) is 4.37. The highest BCUT2D eigenvalue weighted by Crippen LogP contribution is 2.30. The number of esters is 1. The Bertz CT molecular complexity index is 617. The van der Waals surface area contributed by atoms with E-state index < -0.39 is 17.6 Å². The summed E-state index contributed by atoms with van der Waals surface area (Å²) in [6.45, 7) is 3.71. The molecule has 96 valence electrons. The number of methoxy groups -OCH3 is 1. The van der Waals surface area contributed by atoms with E-state index in [0.29, 0.717) is 5.69 Å². The summed E-state index contributed by atoms with van der Waals surface area (Å²) in [5.74, 6) is -2.08. The van der Waals surface area contributed by atoms with Gasteiger partial charge in [-0.15, -0.1) is 0 Å². The highest BCUT2D eigenvalue weighted by atomic mass is 19.1. The molecule has 0 radical (unpaired) electrons. The Balaban J connectivity index is 2.85. The van der Waals surface area contributed by atoms with Crippen LogP contribution < -0.4 is 0 Å². The van der Waals surface area contributed by atoms with Gasteiger partial charge >= 0.3 is 5.97 Å². The van der Waals surface area contributed by atoms with Gasteiger partial charge in [0.2, 0.25) is 0 Å². The summed E-state index contributed by atoms with van der Waals surface area (Å²) in [6, 6.07) is 1.91. The molecular formula is C13H13F2NO2. The number of halogens is 2. The molecule has 1 N–H and O–H groups in total. The molecule has 0 unspecified atom stereocenters. The van der Waals surface area contributed by atoms with E-state index in [-0.39, 0.29) is 22.4 Å². The van der Waals surface area contributed by atoms with Crippen molar-refractivity contribution in [2.24, 2.45) is 0 Å². The van der Waals surface area contributed by atoms with Crippen molar-refractivity contribution in [3.8, 4) is 0 Å². The quantitative estimate of drug-likeness (QED) is 0.834. The van der Waals surface area contributed by atoms with Crippen LogP contribution in [-0.4, -0.2) is 18.1 Å². The molecule has 0 aliphatic heterocycles. The standard InChI is InChI=1S/C13H13F2NO2/c1-6(2)11-10(13(17)18-3)8-4-7(14)5-9(15)12(8)16-11/h4-6,16H,1-3H3. The lowest BCUT2D eigenvalue weighted by molar-refractivity contribution is 0.0601. The summed E-state index contributed by atoms with van der Waals surface area (Å²) in [7, 11) is 1.24. The summed E-state index contributed by atoms with van der Waals surface area (Å²) in [5, 5.41) is 0.211. The molecule has 0 aliphatic carbocycles. The number of aromatic amines is 1. The predicted molar refractivity (Wildman–Crippen MR) is 63.6 cm³/mol. The Hall–Kier alpha value is -1.91. The van der Waals surface area contributed by atoms with Crippen LogP contribution >= 0.6 is 0 Å². The van der Waals surface area contributed by atoms with E-state index in [9.17, 15) is 13.6 Å². The molecule has 0 spiro atoms. The van der Waals surface area contributed by atoms with Crippen LogP contribution in [0.25, 0.3) is 10.9 Å². The zero-order chi connectivity index (χ0) is 13.4. The van der Waals surface area contributed by atoms with Crippen molar-refractivity contribution in [3.05, 3.63) is 35.0 Å². The Labute approximate surface area is 103 Å². The van der Waals surface area contributed by atoms with Crippen LogP contribution in [0.4, 0.5) is 8.78 Å². The number of ether oxygens (including phenoxy) is 1. The summed E-state index contributed by atoms with van der Waals surface area (Å²) in [6.07, 6.45) is 0. The van der Waals surface area contributed by atoms with Gasteiger partial charge in [0.25, 0.3) is 0 Å². The SMILES string of the molecule is COC(=O)c1c(C(C)C)[nH]c2c(F)cc(F)cc12. The lowest BCUT2D eigenvalue weighted by atomic mass is 10.0. The molecule has 0 amide bonds. The van der Waals surface area contributed by atoms with Gasteiger partial charge in [0, 0.05) is 17.1 Å². The van der Waals surface area contributed by atoms with E-state index in [1.807, 2.05) is 13.8 Å². The van der Waals surface area contributed by atoms with Gasteiger partial charge in [0.15, 0.2) is 0 Å². The number of fused-ring (bicyclic) bond motifs is 1. The topological polar surface area (TPSA) is 42.1 Å². The molecule has 0 saturated heterocycles. The average Bonchev–Trinajstić information content (AvgIpc) is 2.67. The largest absolute Gasteiger partial charge is 0.465 e. The fourth-order valence-corrected chi connectivity index (χ4v) is 2.00. The molecule has 0 saturated carbocycles. The first-order valence-corrected chi connectivity index (χ1v) is 5.54. The number of H-pyrrole nitrogens is 1. The van der Waals surface area contributed by atoms with Crippen molar-refractivity contribution < 1.29 is 18.3 Å². The molecule has 5 heteroatoms.